The summed E-state index contributed by atoms with van der Waals surface area (Å²) in [5, 5.41) is 6.81. The number of nitrogens with zero attached hydrogens (tertiary/aromatic N) is 1. The van der Waals surface area contributed by atoms with E-state index in [2.05, 4.69) is 10.5 Å². The van der Waals surface area contributed by atoms with Crippen LogP contribution in [0.5, 0.6) is 5.75 Å². The fraction of sp³-hybridized carbons (Fsp3) is 0.158. The van der Waals surface area contributed by atoms with E-state index in [1.165, 1.54) is 0 Å². The second kappa shape index (κ2) is 7.00. The number of carbonyl (C=O) groups excluding carboxylic acids is 1. The van der Waals surface area contributed by atoms with E-state index in [-0.39, 0.29) is 12.3 Å². The van der Waals surface area contributed by atoms with Crippen molar-refractivity contribution < 1.29 is 14.1 Å². The highest BCUT2D eigenvalue weighted by atomic mass is 16.5. The van der Waals surface area contributed by atoms with Gasteiger partial charge in [-0.3, -0.25) is 4.79 Å². The number of aryl methyl sites for hydroxylation is 1. The van der Waals surface area contributed by atoms with Gasteiger partial charge in [0.15, 0.2) is 5.76 Å². The predicted molar refractivity (Wildman–Crippen MR) is 92.0 cm³/mol. The summed E-state index contributed by atoms with van der Waals surface area (Å²) in [7, 11) is 1.62. The normalized spacial score (nSPS) is 10.4. The molecule has 24 heavy (non-hydrogen) atoms. The van der Waals surface area contributed by atoms with Gasteiger partial charge in [0.05, 0.1) is 19.2 Å². The van der Waals surface area contributed by atoms with Crippen LogP contribution in [0.3, 0.4) is 0 Å². The Morgan fingerprint density at radius 2 is 1.83 bits per heavy atom. The van der Waals surface area contributed by atoms with Crippen molar-refractivity contribution in [1.29, 1.82) is 0 Å². The minimum absolute atomic E-state index is 0.131. The topological polar surface area (TPSA) is 64.4 Å². The minimum atomic E-state index is -0.131. The summed E-state index contributed by atoms with van der Waals surface area (Å²) in [5.74, 6) is 1.26. The summed E-state index contributed by atoms with van der Waals surface area (Å²) in [5.41, 5.74) is 3.39. The maximum Gasteiger partial charge on any atom is 0.230 e. The van der Waals surface area contributed by atoms with E-state index in [9.17, 15) is 4.79 Å². The molecule has 0 unspecified atom stereocenters. The van der Waals surface area contributed by atoms with Crippen molar-refractivity contribution in [3.63, 3.8) is 0 Å². The van der Waals surface area contributed by atoms with E-state index < -0.39 is 0 Å². The minimum Gasteiger partial charge on any atom is -0.497 e. The largest absolute Gasteiger partial charge is 0.497 e. The van der Waals surface area contributed by atoms with Gasteiger partial charge in [-0.2, -0.15) is 0 Å². The van der Waals surface area contributed by atoms with Crippen molar-refractivity contribution in [1.82, 2.24) is 5.16 Å². The van der Waals surface area contributed by atoms with Crippen LogP contribution in [0.25, 0.3) is 11.3 Å². The quantitative estimate of drug-likeness (QED) is 0.775. The maximum atomic E-state index is 12.1. The Morgan fingerprint density at radius 3 is 2.50 bits per heavy atom. The van der Waals surface area contributed by atoms with Crippen LogP contribution in [0.1, 0.15) is 11.3 Å². The number of nitrogens with one attached hydrogen (secondary N) is 1. The highest BCUT2D eigenvalue weighted by molar-refractivity contribution is 5.92. The molecule has 0 atom stereocenters. The summed E-state index contributed by atoms with van der Waals surface area (Å²) < 4.78 is 10.4. The summed E-state index contributed by atoms with van der Waals surface area (Å²) >= 11 is 0. The first-order valence-corrected chi connectivity index (χ1v) is 7.60. The van der Waals surface area contributed by atoms with Crippen LogP contribution in [0, 0.1) is 6.92 Å². The smallest absolute Gasteiger partial charge is 0.230 e. The summed E-state index contributed by atoms with van der Waals surface area (Å²) in [4.78, 5) is 12.1. The zero-order valence-corrected chi connectivity index (χ0v) is 13.6. The van der Waals surface area contributed by atoms with Gasteiger partial charge in [-0.1, -0.05) is 22.9 Å². The molecule has 0 fully saturated rings. The Hall–Kier alpha value is -3.08. The first-order valence-electron chi connectivity index (χ1n) is 7.60. The maximum absolute atomic E-state index is 12.1. The summed E-state index contributed by atoms with van der Waals surface area (Å²) in [6.07, 6.45) is 0.160. The summed E-state index contributed by atoms with van der Waals surface area (Å²) in [6, 6.07) is 16.9. The molecular formula is C19H18N2O3. The highest BCUT2D eigenvalue weighted by Gasteiger charge is 2.11. The van der Waals surface area contributed by atoms with Gasteiger partial charge in [-0.25, -0.2) is 0 Å². The lowest BCUT2D eigenvalue weighted by molar-refractivity contribution is -0.115. The number of benzene rings is 2. The molecule has 0 aliphatic carbocycles. The van der Waals surface area contributed by atoms with Gasteiger partial charge >= 0.3 is 0 Å². The third-order valence-electron chi connectivity index (χ3n) is 3.61. The molecule has 0 spiro atoms. The van der Waals surface area contributed by atoms with Crippen molar-refractivity contribution in [3.8, 4) is 17.1 Å². The van der Waals surface area contributed by atoms with Crippen LogP contribution in [0.2, 0.25) is 0 Å². The van der Waals surface area contributed by atoms with Gasteiger partial charge in [-0.05, 0) is 43.3 Å². The highest BCUT2D eigenvalue weighted by Crippen LogP contribution is 2.23. The van der Waals surface area contributed by atoms with Gasteiger partial charge in [0.2, 0.25) is 5.91 Å². The molecule has 0 saturated heterocycles. The number of methoxy groups -OCH3 is 1. The van der Waals surface area contributed by atoms with Gasteiger partial charge in [0, 0.05) is 17.3 Å². The lowest BCUT2D eigenvalue weighted by atomic mass is 10.1. The van der Waals surface area contributed by atoms with Gasteiger partial charge < -0.3 is 14.6 Å². The third kappa shape index (κ3) is 3.81. The monoisotopic (exact) mass is 322 g/mol. The lowest BCUT2D eigenvalue weighted by Gasteiger charge is -2.03. The fourth-order valence-electron chi connectivity index (χ4n) is 2.29. The number of carbonyl (C=O) groups is 1. The van der Waals surface area contributed by atoms with E-state index in [4.69, 9.17) is 9.26 Å². The zero-order valence-electron chi connectivity index (χ0n) is 13.6. The zero-order chi connectivity index (χ0) is 16.9. The van der Waals surface area contributed by atoms with Gasteiger partial charge in [0.25, 0.3) is 0 Å². The van der Waals surface area contributed by atoms with Crippen molar-refractivity contribution in [2.45, 2.75) is 13.3 Å². The number of amides is 1. The second-order valence-corrected chi connectivity index (χ2v) is 5.50. The third-order valence-corrected chi connectivity index (χ3v) is 3.61. The molecule has 0 bridgehead atoms. The van der Waals surface area contributed by atoms with E-state index in [0.717, 1.165) is 22.6 Å². The SMILES string of the molecule is COc1ccc(-c2cc(CC(=O)Nc3ccc(C)cc3)no2)cc1. The van der Waals surface area contributed by atoms with Crippen molar-refractivity contribution in [2.75, 3.05) is 12.4 Å². The number of anilines is 1. The Kier molecular flexibility index (Phi) is 4.61. The lowest BCUT2D eigenvalue weighted by Crippen LogP contribution is -2.14. The molecule has 0 radical (unpaired) electrons. The molecule has 1 heterocycles. The number of aromatic nitrogens is 1. The molecule has 1 amide bonds. The predicted octanol–water partition coefficient (Wildman–Crippen LogP) is 3.84. The van der Waals surface area contributed by atoms with Crippen molar-refractivity contribution >= 4 is 11.6 Å². The fourth-order valence-corrected chi connectivity index (χ4v) is 2.29. The molecule has 3 rings (SSSR count). The first-order chi connectivity index (χ1) is 11.6. The number of hydrogen-bond acceptors (Lipinski definition) is 4. The molecule has 5 heteroatoms. The molecule has 3 aromatic rings. The van der Waals surface area contributed by atoms with Crippen LogP contribution in [-0.4, -0.2) is 18.2 Å². The van der Waals surface area contributed by atoms with Gasteiger partial charge in [-0.15, -0.1) is 0 Å². The molecule has 0 saturated carbocycles. The Bertz CT molecular complexity index is 821. The van der Waals surface area contributed by atoms with Crippen LogP contribution >= 0.6 is 0 Å². The van der Waals surface area contributed by atoms with Crippen LogP contribution in [0.15, 0.2) is 59.1 Å². The van der Waals surface area contributed by atoms with E-state index in [1.54, 1.807) is 13.2 Å². The molecule has 122 valence electrons. The standard InChI is InChI=1S/C19H18N2O3/c1-13-3-7-15(8-4-13)20-19(22)12-16-11-18(24-21-16)14-5-9-17(23-2)10-6-14/h3-11H,12H2,1-2H3,(H,20,22). The molecular weight excluding hydrogens is 304 g/mol. The van der Waals surface area contributed by atoms with Crippen molar-refractivity contribution in [3.05, 3.63) is 65.9 Å². The van der Waals surface area contributed by atoms with Crippen LogP contribution in [0.4, 0.5) is 5.69 Å². The van der Waals surface area contributed by atoms with Crippen LogP contribution < -0.4 is 10.1 Å². The summed E-state index contributed by atoms with van der Waals surface area (Å²) in [6.45, 7) is 2.00. The molecule has 5 nitrogen and oxygen atoms in total. The molecule has 2 aromatic carbocycles. The van der Waals surface area contributed by atoms with E-state index in [1.807, 2.05) is 55.5 Å². The first kappa shape index (κ1) is 15.8. The molecule has 0 aliphatic rings. The number of rotatable bonds is 5. The number of hydrogen-bond donors (Lipinski definition) is 1. The van der Waals surface area contributed by atoms with Crippen LogP contribution in [-0.2, 0) is 11.2 Å². The van der Waals surface area contributed by atoms with Crippen molar-refractivity contribution in [2.24, 2.45) is 0 Å². The number of ether oxygens (including phenoxy) is 1. The Labute approximate surface area is 140 Å². The Balaban J connectivity index is 1.64. The van der Waals surface area contributed by atoms with E-state index in [0.29, 0.717) is 11.5 Å². The van der Waals surface area contributed by atoms with Gasteiger partial charge in [0.1, 0.15) is 5.75 Å². The molecule has 1 aromatic heterocycles. The Morgan fingerprint density at radius 1 is 1.12 bits per heavy atom. The average Bonchev–Trinajstić information content (AvgIpc) is 3.05. The van der Waals surface area contributed by atoms with E-state index >= 15 is 0 Å². The second-order valence-electron chi connectivity index (χ2n) is 5.50. The molecule has 1 N–H and O–H groups in total. The molecule has 0 aliphatic heterocycles. The average molecular weight is 322 g/mol.